The van der Waals surface area contributed by atoms with E-state index in [4.69, 9.17) is 0 Å². The average molecular weight is 312 g/mol. The van der Waals surface area contributed by atoms with Gasteiger partial charge in [0.2, 0.25) is 0 Å². The number of rotatable bonds is 14. The van der Waals surface area contributed by atoms with Crippen LogP contribution in [0, 0.1) is 0 Å². The lowest BCUT2D eigenvalue weighted by Gasteiger charge is -2.24. The first-order valence-electron chi connectivity index (χ1n) is 10.2. The van der Waals surface area contributed by atoms with Crippen LogP contribution in [0.3, 0.4) is 0 Å². The van der Waals surface area contributed by atoms with Crippen molar-refractivity contribution >= 4 is 0 Å². The maximum atomic E-state index is 10.1. The molecule has 0 aliphatic carbocycles. The molecule has 0 aromatic heterocycles. The lowest BCUT2D eigenvalue weighted by atomic mass is 9.97. The summed E-state index contributed by atoms with van der Waals surface area (Å²) in [5, 5.41) is 13.6. The Hall–Kier alpha value is -0.0800. The first-order chi connectivity index (χ1) is 10.8. The van der Waals surface area contributed by atoms with Gasteiger partial charge in [0, 0.05) is 6.04 Å². The zero-order chi connectivity index (χ0) is 15.9. The van der Waals surface area contributed by atoms with Crippen LogP contribution in [0.5, 0.6) is 0 Å². The van der Waals surface area contributed by atoms with Crippen LogP contribution in [0.25, 0.3) is 0 Å². The Morgan fingerprint density at radius 1 is 0.864 bits per heavy atom. The van der Waals surface area contributed by atoms with Gasteiger partial charge in [-0.05, 0) is 38.6 Å². The summed E-state index contributed by atoms with van der Waals surface area (Å²) in [6.45, 7) is 3.46. The van der Waals surface area contributed by atoms with Gasteiger partial charge in [0.25, 0.3) is 0 Å². The summed E-state index contributed by atoms with van der Waals surface area (Å²) in [6.07, 6.45) is 20.9. The maximum Gasteiger partial charge on any atom is 0.0540 e. The Morgan fingerprint density at radius 2 is 1.50 bits per heavy atom. The highest BCUT2D eigenvalue weighted by molar-refractivity contribution is 4.73. The Balaban J connectivity index is 1.79. The van der Waals surface area contributed by atoms with Crippen LogP contribution in [0.2, 0.25) is 0 Å². The summed E-state index contributed by atoms with van der Waals surface area (Å²) in [5.41, 5.74) is 0. The number of hydrogen-bond acceptors (Lipinski definition) is 2. The fraction of sp³-hybridized carbons (Fsp3) is 1.00. The van der Waals surface area contributed by atoms with E-state index in [0.29, 0.717) is 6.04 Å². The molecule has 2 heteroatoms. The molecule has 2 nitrogen and oxygen atoms in total. The highest BCUT2D eigenvalue weighted by Gasteiger charge is 2.14. The molecule has 0 aromatic rings. The molecular weight excluding hydrogens is 270 g/mol. The Bertz CT molecular complexity index is 226. The molecule has 1 fully saturated rings. The number of nitrogens with one attached hydrogen (secondary N) is 1. The molecule has 132 valence electrons. The van der Waals surface area contributed by atoms with Gasteiger partial charge < -0.3 is 10.4 Å². The van der Waals surface area contributed by atoms with Crippen molar-refractivity contribution in [3.05, 3.63) is 0 Å². The summed E-state index contributed by atoms with van der Waals surface area (Å²) in [6, 6.07) is 0.677. The third-order valence-electron chi connectivity index (χ3n) is 5.15. The molecule has 1 saturated heterocycles. The highest BCUT2D eigenvalue weighted by Crippen LogP contribution is 2.16. The quantitative estimate of drug-likeness (QED) is 0.410. The molecule has 1 aliphatic rings. The first kappa shape index (κ1) is 20.0. The number of aliphatic hydroxyl groups is 1. The smallest absolute Gasteiger partial charge is 0.0540 e. The predicted molar refractivity (Wildman–Crippen MR) is 97.3 cm³/mol. The summed E-state index contributed by atoms with van der Waals surface area (Å²) < 4.78 is 0. The SMILES string of the molecule is CCCCCCCCCCCCC(O)CCC1CCCCN1. The largest absolute Gasteiger partial charge is 0.393 e. The van der Waals surface area contributed by atoms with Crippen LogP contribution < -0.4 is 5.32 Å². The van der Waals surface area contributed by atoms with Gasteiger partial charge >= 0.3 is 0 Å². The van der Waals surface area contributed by atoms with Gasteiger partial charge in [-0.1, -0.05) is 77.6 Å². The molecule has 1 rings (SSSR count). The fourth-order valence-corrected chi connectivity index (χ4v) is 3.58. The van der Waals surface area contributed by atoms with Crippen molar-refractivity contribution in [3.8, 4) is 0 Å². The van der Waals surface area contributed by atoms with E-state index in [1.54, 1.807) is 0 Å². The maximum absolute atomic E-state index is 10.1. The van der Waals surface area contributed by atoms with E-state index in [0.717, 1.165) is 12.8 Å². The van der Waals surface area contributed by atoms with E-state index in [-0.39, 0.29) is 6.10 Å². The van der Waals surface area contributed by atoms with Crippen LogP contribution in [0.4, 0.5) is 0 Å². The minimum absolute atomic E-state index is 0.0576. The van der Waals surface area contributed by atoms with E-state index in [9.17, 15) is 5.11 Å². The molecule has 2 atom stereocenters. The van der Waals surface area contributed by atoms with Gasteiger partial charge in [0.1, 0.15) is 0 Å². The molecule has 0 saturated carbocycles. The van der Waals surface area contributed by atoms with E-state index < -0.39 is 0 Å². The summed E-state index contributed by atoms with van der Waals surface area (Å²) in [5.74, 6) is 0. The monoisotopic (exact) mass is 311 g/mol. The molecule has 0 spiro atoms. The van der Waals surface area contributed by atoms with E-state index in [2.05, 4.69) is 12.2 Å². The first-order valence-corrected chi connectivity index (χ1v) is 10.2. The minimum atomic E-state index is -0.0576. The molecule has 0 amide bonds. The minimum Gasteiger partial charge on any atom is -0.393 e. The molecule has 2 N–H and O–H groups in total. The predicted octanol–water partition coefficient (Wildman–Crippen LogP) is 5.58. The van der Waals surface area contributed by atoms with Gasteiger partial charge in [-0.25, -0.2) is 0 Å². The Kier molecular flexibility index (Phi) is 13.2. The van der Waals surface area contributed by atoms with E-state index >= 15 is 0 Å². The van der Waals surface area contributed by atoms with Crippen molar-refractivity contribution in [2.24, 2.45) is 0 Å². The van der Waals surface area contributed by atoms with Crippen LogP contribution in [-0.4, -0.2) is 23.8 Å². The Labute approximate surface area is 139 Å². The van der Waals surface area contributed by atoms with Crippen LogP contribution in [0.15, 0.2) is 0 Å². The zero-order valence-electron chi connectivity index (χ0n) is 15.1. The number of aliphatic hydroxyl groups excluding tert-OH is 1. The van der Waals surface area contributed by atoms with E-state index in [1.165, 1.54) is 96.4 Å². The Morgan fingerprint density at radius 3 is 2.09 bits per heavy atom. The molecule has 1 aliphatic heterocycles. The lowest BCUT2D eigenvalue weighted by molar-refractivity contribution is 0.141. The molecule has 1 heterocycles. The second-order valence-corrected chi connectivity index (χ2v) is 7.35. The van der Waals surface area contributed by atoms with Crippen LogP contribution in [-0.2, 0) is 0 Å². The summed E-state index contributed by atoms with van der Waals surface area (Å²) >= 11 is 0. The van der Waals surface area contributed by atoms with Gasteiger partial charge in [-0.3, -0.25) is 0 Å². The third kappa shape index (κ3) is 11.5. The van der Waals surface area contributed by atoms with Crippen molar-refractivity contribution in [2.75, 3.05) is 6.54 Å². The number of unbranched alkanes of at least 4 members (excludes halogenated alkanes) is 9. The lowest BCUT2D eigenvalue weighted by Crippen LogP contribution is -2.34. The normalized spacial score (nSPS) is 20.2. The van der Waals surface area contributed by atoms with Crippen molar-refractivity contribution in [1.29, 1.82) is 0 Å². The summed E-state index contributed by atoms with van der Waals surface area (Å²) in [4.78, 5) is 0. The third-order valence-corrected chi connectivity index (χ3v) is 5.15. The fourth-order valence-electron chi connectivity index (χ4n) is 3.58. The molecule has 0 aromatic carbocycles. The van der Waals surface area contributed by atoms with Crippen molar-refractivity contribution in [2.45, 2.75) is 122 Å². The standard InChI is InChI=1S/C20H41NO/c1-2-3-4-5-6-7-8-9-10-11-15-20(22)17-16-19-14-12-13-18-21-19/h19-22H,2-18H2,1H3. The zero-order valence-corrected chi connectivity index (χ0v) is 15.1. The average Bonchev–Trinajstić information content (AvgIpc) is 2.55. The highest BCUT2D eigenvalue weighted by atomic mass is 16.3. The summed E-state index contributed by atoms with van der Waals surface area (Å²) in [7, 11) is 0. The second kappa shape index (κ2) is 14.5. The van der Waals surface area contributed by atoms with Gasteiger partial charge in [-0.15, -0.1) is 0 Å². The number of hydrogen-bond donors (Lipinski definition) is 2. The van der Waals surface area contributed by atoms with E-state index in [1.807, 2.05) is 0 Å². The van der Waals surface area contributed by atoms with Crippen LogP contribution in [0.1, 0.15) is 110 Å². The van der Waals surface area contributed by atoms with Crippen LogP contribution >= 0.6 is 0 Å². The molecule has 0 bridgehead atoms. The van der Waals surface area contributed by atoms with Gasteiger partial charge in [0.05, 0.1) is 6.10 Å². The van der Waals surface area contributed by atoms with Crippen molar-refractivity contribution < 1.29 is 5.11 Å². The molecule has 22 heavy (non-hydrogen) atoms. The molecule has 0 radical (unpaired) electrons. The van der Waals surface area contributed by atoms with Crippen molar-refractivity contribution in [3.63, 3.8) is 0 Å². The van der Waals surface area contributed by atoms with Crippen molar-refractivity contribution in [1.82, 2.24) is 5.32 Å². The topological polar surface area (TPSA) is 32.3 Å². The second-order valence-electron chi connectivity index (χ2n) is 7.35. The number of piperidine rings is 1. The van der Waals surface area contributed by atoms with Gasteiger partial charge in [-0.2, -0.15) is 0 Å². The molecule has 2 unspecified atom stereocenters. The van der Waals surface area contributed by atoms with Gasteiger partial charge in [0.15, 0.2) is 0 Å². The molecular formula is C20H41NO.